The number of rotatable bonds is 7. The van der Waals surface area contributed by atoms with Crippen molar-refractivity contribution in [2.75, 3.05) is 28.4 Å². The summed E-state index contributed by atoms with van der Waals surface area (Å²) in [5.74, 6) is 2.14. The van der Waals surface area contributed by atoms with Gasteiger partial charge in [0.25, 0.3) is 5.91 Å². The van der Waals surface area contributed by atoms with Crippen LogP contribution < -0.4 is 24.3 Å². The molecule has 0 atom stereocenters. The molecule has 0 saturated heterocycles. The second-order valence-corrected chi connectivity index (χ2v) is 4.94. The fraction of sp³-hybridized carbons (Fsp3) is 0.278. The molecule has 0 heterocycles. The quantitative estimate of drug-likeness (QED) is 0.845. The van der Waals surface area contributed by atoms with Crippen molar-refractivity contribution in [3.05, 3.63) is 47.5 Å². The Hall–Kier alpha value is -2.89. The van der Waals surface area contributed by atoms with Crippen molar-refractivity contribution < 1.29 is 23.7 Å². The Bertz CT molecular complexity index is 672. The van der Waals surface area contributed by atoms with E-state index in [0.717, 1.165) is 5.56 Å². The predicted octanol–water partition coefficient (Wildman–Crippen LogP) is 2.65. The molecule has 6 heteroatoms. The normalized spacial score (nSPS) is 10.0. The molecule has 0 unspecified atom stereocenters. The first-order chi connectivity index (χ1) is 11.6. The van der Waals surface area contributed by atoms with Crippen LogP contribution in [-0.4, -0.2) is 34.3 Å². The van der Waals surface area contributed by atoms with Crippen LogP contribution >= 0.6 is 0 Å². The lowest BCUT2D eigenvalue weighted by Gasteiger charge is -2.14. The second-order valence-electron chi connectivity index (χ2n) is 4.94. The predicted molar refractivity (Wildman–Crippen MR) is 90.3 cm³/mol. The molecule has 6 nitrogen and oxygen atoms in total. The number of carbonyl (C=O) groups is 1. The molecule has 128 valence electrons. The summed E-state index contributed by atoms with van der Waals surface area (Å²) in [6, 6.07) is 10.5. The topological polar surface area (TPSA) is 66.0 Å². The molecule has 24 heavy (non-hydrogen) atoms. The van der Waals surface area contributed by atoms with Crippen LogP contribution in [0.3, 0.4) is 0 Å². The van der Waals surface area contributed by atoms with Crippen molar-refractivity contribution >= 4 is 5.91 Å². The molecule has 0 aromatic heterocycles. The maximum atomic E-state index is 12.2. The van der Waals surface area contributed by atoms with Gasteiger partial charge in [0.05, 0.1) is 28.4 Å². The summed E-state index contributed by atoms with van der Waals surface area (Å²) in [4.78, 5) is 12.2. The van der Waals surface area contributed by atoms with E-state index in [4.69, 9.17) is 18.9 Å². The minimum atomic E-state index is -0.175. The molecule has 2 aromatic rings. The smallest absolute Gasteiger partial charge is 0.251 e. The SMILES string of the molecule is COc1ccc(C(=O)NCc2cc(OC)c(OC)c(OC)c2)cc1. The van der Waals surface area contributed by atoms with E-state index in [0.29, 0.717) is 35.1 Å². The highest BCUT2D eigenvalue weighted by Crippen LogP contribution is 2.38. The summed E-state index contributed by atoms with van der Waals surface area (Å²) >= 11 is 0. The molecule has 0 aliphatic rings. The van der Waals surface area contributed by atoms with E-state index in [9.17, 15) is 4.79 Å². The number of carbonyl (C=O) groups excluding carboxylic acids is 1. The zero-order chi connectivity index (χ0) is 17.5. The highest BCUT2D eigenvalue weighted by Gasteiger charge is 2.14. The van der Waals surface area contributed by atoms with Gasteiger partial charge in [0, 0.05) is 12.1 Å². The first kappa shape index (κ1) is 17.5. The van der Waals surface area contributed by atoms with Gasteiger partial charge in [0.15, 0.2) is 11.5 Å². The standard InChI is InChI=1S/C18H21NO5/c1-21-14-7-5-13(6-8-14)18(20)19-11-12-9-15(22-2)17(24-4)16(10-12)23-3/h5-10H,11H2,1-4H3,(H,19,20). The molecule has 1 N–H and O–H groups in total. The van der Waals surface area contributed by atoms with E-state index in [-0.39, 0.29) is 5.91 Å². The molecule has 0 saturated carbocycles. The third-order valence-corrected chi connectivity index (χ3v) is 3.53. The summed E-state index contributed by atoms with van der Waals surface area (Å²) in [6.07, 6.45) is 0. The number of methoxy groups -OCH3 is 4. The van der Waals surface area contributed by atoms with E-state index >= 15 is 0 Å². The van der Waals surface area contributed by atoms with Crippen LogP contribution in [0.5, 0.6) is 23.0 Å². The van der Waals surface area contributed by atoms with Gasteiger partial charge in [-0.2, -0.15) is 0 Å². The van der Waals surface area contributed by atoms with Crippen LogP contribution in [0.15, 0.2) is 36.4 Å². The van der Waals surface area contributed by atoms with Gasteiger partial charge in [-0.1, -0.05) is 0 Å². The molecular weight excluding hydrogens is 310 g/mol. The van der Waals surface area contributed by atoms with Crippen molar-refractivity contribution in [1.82, 2.24) is 5.32 Å². The van der Waals surface area contributed by atoms with Gasteiger partial charge >= 0.3 is 0 Å². The van der Waals surface area contributed by atoms with Crippen molar-refractivity contribution in [2.24, 2.45) is 0 Å². The van der Waals surface area contributed by atoms with E-state index in [1.807, 2.05) is 0 Å². The average molecular weight is 331 g/mol. The molecule has 0 radical (unpaired) electrons. The zero-order valence-corrected chi connectivity index (χ0v) is 14.2. The largest absolute Gasteiger partial charge is 0.497 e. The Labute approximate surface area is 141 Å². The van der Waals surface area contributed by atoms with Gasteiger partial charge in [-0.3, -0.25) is 4.79 Å². The zero-order valence-electron chi connectivity index (χ0n) is 14.2. The molecule has 0 bridgehead atoms. The third kappa shape index (κ3) is 3.90. The summed E-state index contributed by atoms with van der Waals surface area (Å²) < 4.78 is 21.0. The molecule has 1 amide bonds. The van der Waals surface area contributed by atoms with Gasteiger partial charge in [-0.25, -0.2) is 0 Å². The molecule has 0 aliphatic carbocycles. The van der Waals surface area contributed by atoms with Crippen molar-refractivity contribution in [1.29, 1.82) is 0 Å². The maximum Gasteiger partial charge on any atom is 0.251 e. The molecule has 0 spiro atoms. The Kier molecular flexibility index (Phi) is 5.89. The summed E-state index contributed by atoms with van der Waals surface area (Å²) in [6.45, 7) is 0.335. The van der Waals surface area contributed by atoms with Crippen molar-refractivity contribution in [3.8, 4) is 23.0 Å². The first-order valence-corrected chi connectivity index (χ1v) is 7.34. The Morgan fingerprint density at radius 2 is 1.46 bits per heavy atom. The summed E-state index contributed by atoms with van der Waals surface area (Å²) in [7, 11) is 6.24. The van der Waals surface area contributed by atoms with E-state index in [1.165, 1.54) is 0 Å². The van der Waals surface area contributed by atoms with Crippen LogP contribution in [-0.2, 0) is 6.54 Å². The van der Waals surface area contributed by atoms with Gasteiger partial charge in [0.2, 0.25) is 5.75 Å². The number of hydrogen-bond acceptors (Lipinski definition) is 5. The maximum absolute atomic E-state index is 12.2. The minimum absolute atomic E-state index is 0.175. The molecule has 2 rings (SSSR count). The number of benzene rings is 2. The van der Waals surface area contributed by atoms with Crippen LogP contribution in [0.25, 0.3) is 0 Å². The fourth-order valence-electron chi connectivity index (χ4n) is 2.26. The van der Waals surface area contributed by atoms with Crippen LogP contribution in [0, 0.1) is 0 Å². The first-order valence-electron chi connectivity index (χ1n) is 7.34. The lowest BCUT2D eigenvalue weighted by atomic mass is 10.1. The number of ether oxygens (including phenoxy) is 4. The average Bonchev–Trinajstić information content (AvgIpc) is 2.65. The molecule has 2 aromatic carbocycles. The summed E-state index contributed by atoms with van der Waals surface area (Å²) in [5, 5.41) is 2.86. The van der Waals surface area contributed by atoms with Gasteiger partial charge in [0.1, 0.15) is 5.75 Å². The van der Waals surface area contributed by atoms with Gasteiger partial charge in [-0.05, 0) is 42.0 Å². The lowest BCUT2D eigenvalue weighted by Crippen LogP contribution is -2.22. The lowest BCUT2D eigenvalue weighted by molar-refractivity contribution is 0.0951. The van der Waals surface area contributed by atoms with Gasteiger partial charge < -0.3 is 24.3 Å². The van der Waals surface area contributed by atoms with Crippen LogP contribution in [0.4, 0.5) is 0 Å². The van der Waals surface area contributed by atoms with Crippen LogP contribution in [0.1, 0.15) is 15.9 Å². The Morgan fingerprint density at radius 3 is 1.92 bits per heavy atom. The molecule has 0 aliphatic heterocycles. The minimum Gasteiger partial charge on any atom is -0.497 e. The second kappa shape index (κ2) is 8.10. The number of amides is 1. The van der Waals surface area contributed by atoms with E-state index < -0.39 is 0 Å². The van der Waals surface area contributed by atoms with E-state index in [1.54, 1.807) is 64.8 Å². The van der Waals surface area contributed by atoms with Gasteiger partial charge in [-0.15, -0.1) is 0 Å². The molecular formula is C18H21NO5. The number of hydrogen-bond donors (Lipinski definition) is 1. The van der Waals surface area contributed by atoms with Crippen molar-refractivity contribution in [3.63, 3.8) is 0 Å². The highest BCUT2D eigenvalue weighted by atomic mass is 16.5. The third-order valence-electron chi connectivity index (χ3n) is 3.53. The number of nitrogens with one attached hydrogen (secondary N) is 1. The van der Waals surface area contributed by atoms with Crippen molar-refractivity contribution in [2.45, 2.75) is 6.54 Å². The molecule has 0 fully saturated rings. The Balaban J connectivity index is 2.11. The monoisotopic (exact) mass is 331 g/mol. The van der Waals surface area contributed by atoms with E-state index in [2.05, 4.69) is 5.32 Å². The Morgan fingerprint density at radius 1 is 0.875 bits per heavy atom. The fourth-order valence-corrected chi connectivity index (χ4v) is 2.26. The summed E-state index contributed by atoms with van der Waals surface area (Å²) in [5.41, 5.74) is 1.40. The van der Waals surface area contributed by atoms with Crippen LogP contribution in [0.2, 0.25) is 0 Å². The highest BCUT2D eigenvalue weighted by molar-refractivity contribution is 5.94.